The summed E-state index contributed by atoms with van der Waals surface area (Å²) in [5.41, 5.74) is 12.3. The summed E-state index contributed by atoms with van der Waals surface area (Å²) in [5.74, 6) is -0.725. The van der Waals surface area contributed by atoms with Crippen LogP contribution in [0.25, 0.3) is 33.1 Å². The molecule has 4 N–H and O–H groups in total. The van der Waals surface area contributed by atoms with Crippen molar-refractivity contribution in [2.75, 3.05) is 11.1 Å². The maximum absolute atomic E-state index is 10.6. The lowest BCUT2D eigenvalue weighted by Crippen LogP contribution is -2.21. The maximum Gasteiger partial charge on any atom is 0.490 e. The van der Waals surface area contributed by atoms with Crippen molar-refractivity contribution in [2.24, 2.45) is 7.05 Å². The number of carboxylic acids is 1. The van der Waals surface area contributed by atoms with Gasteiger partial charge in [0.1, 0.15) is 17.4 Å². The first-order valence-corrected chi connectivity index (χ1v) is 13.6. The molecule has 12 heteroatoms. The molecule has 44 heavy (non-hydrogen) atoms. The van der Waals surface area contributed by atoms with Gasteiger partial charge in [0, 0.05) is 35.3 Å². The second kappa shape index (κ2) is 12.1. The number of hydrogen-bond acceptors (Lipinski definition) is 7. The molecule has 0 amide bonds. The van der Waals surface area contributed by atoms with Crippen LogP contribution in [0.3, 0.4) is 0 Å². The van der Waals surface area contributed by atoms with E-state index in [0.29, 0.717) is 11.6 Å². The first-order valence-electron chi connectivity index (χ1n) is 13.6. The van der Waals surface area contributed by atoms with E-state index in [-0.39, 0.29) is 6.04 Å². The highest BCUT2D eigenvalue weighted by Gasteiger charge is 2.38. The topological polar surface area (TPSA) is 132 Å². The number of rotatable bonds is 6. The number of carboxylic acid groups (broad SMARTS) is 1. The van der Waals surface area contributed by atoms with Crippen LogP contribution in [0, 0.1) is 6.92 Å². The molecule has 0 radical (unpaired) electrons. The van der Waals surface area contributed by atoms with E-state index in [1.807, 2.05) is 66.5 Å². The van der Waals surface area contributed by atoms with Gasteiger partial charge in [-0.05, 0) is 71.8 Å². The minimum Gasteiger partial charge on any atom is -0.475 e. The van der Waals surface area contributed by atoms with E-state index in [0.717, 1.165) is 61.9 Å². The van der Waals surface area contributed by atoms with Gasteiger partial charge in [0.05, 0.1) is 6.26 Å². The van der Waals surface area contributed by atoms with Crippen molar-refractivity contribution >= 4 is 39.2 Å². The summed E-state index contributed by atoms with van der Waals surface area (Å²) in [4.78, 5) is 18.1. The summed E-state index contributed by atoms with van der Waals surface area (Å²) in [6, 6.07) is 22.3. The molecule has 0 saturated carbocycles. The third-order valence-electron chi connectivity index (χ3n) is 7.12. The van der Waals surface area contributed by atoms with Gasteiger partial charge < -0.3 is 20.6 Å². The highest BCUT2D eigenvalue weighted by Crippen LogP contribution is 2.34. The predicted molar refractivity (Wildman–Crippen MR) is 162 cm³/mol. The molecule has 0 aliphatic heterocycles. The van der Waals surface area contributed by atoms with Crippen molar-refractivity contribution in [3.05, 3.63) is 102 Å². The zero-order valence-electron chi connectivity index (χ0n) is 24.1. The molecule has 0 fully saturated rings. The number of aliphatic carboxylic acids is 1. The van der Waals surface area contributed by atoms with E-state index in [2.05, 4.69) is 42.3 Å². The second-order valence-electron chi connectivity index (χ2n) is 10.1. The van der Waals surface area contributed by atoms with E-state index in [4.69, 9.17) is 30.1 Å². The lowest BCUT2D eigenvalue weighted by Gasteiger charge is -2.21. The number of benzene rings is 3. The standard InChI is InChI=1S/C30H28N6O.C2HF3O2/c1-4-19-14-22(16-25-18(2)17-37-27(19)25)26(30-34-29(35-36(30)3)20-8-6-5-7-9-20)33-23-10-11-24-21(15-23)12-13-32-28(24)31;3-2(4,5)1(6)7/h5-17,26,33H,4H2,1-3H3,(H2,31,32);(H,6,7). The SMILES string of the molecule is CCc1cc(C(Nc2ccc3c(N)nccc3c2)c2nc(-c3ccccc3)nn2C)cc2c(C)coc12.O=C(O)C(F)(F)F. The summed E-state index contributed by atoms with van der Waals surface area (Å²) in [6.45, 7) is 4.23. The largest absolute Gasteiger partial charge is 0.490 e. The number of nitrogen functional groups attached to an aromatic ring is 1. The number of carbonyl (C=O) groups is 1. The Kier molecular flexibility index (Phi) is 8.26. The quantitative estimate of drug-likeness (QED) is 0.185. The number of hydrogen-bond donors (Lipinski definition) is 3. The van der Waals surface area contributed by atoms with Gasteiger partial charge in [0.25, 0.3) is 0 Å². The third kappa shape index (κ3) is 6.19. The highest BCUT2D eigenvalue weighted by atomic mass is 19.4. The van der Waals surface area contributed by atoms with Gasteiger partial charge in [-0.2, -0.15) is 18.3 Å². The number of nitrogens with one attached hydrogen (secondary N) is 1. The molecule has 0 aliphatic rings. The number of nitrogens with zero attached hydrogens (tertiary/aromatic N) is 4. The Morgan fingerprint density at radius 2 is 1.82 bits per heavy atom. The number of furan rings is 1. The zero-order valence-corrected chi connectivity index (χ0v) is 24.1. The molecule has 3 aromatic carbocycles. The van der Waals surface area contributed by atoms with Gasteiger partial charge in [-0.15, -0.1) is 0 Å². The molecule has 6 rings (SSSR count). The van der Waals surface area contributed by atoms with Gasteiger partial charge >= 0.3 is 12.1 Å². The number of anilines is 2. The van der Waals surface area contributed by atoms with Crippen LogP contribution in [0.5, 0.6) is 0 Å². The number of fused-ring (bicyclic) bond motifs is 2. The normalized spacial score (nSPS) is 12.1. The molecule has 9 nitrogen and oxygen atoms in total. The fourth-order valence-corrected chi connectivity index (χ4v) is 4.90. The lowest BCUT2D eigenvalue weighted by atomic mass is 9.97. The molecule has 0 aliphatic carbocycles. The van der Waals surface area contributed by atoms with Crippen LogP contribution in [0.1, 0.15) is 35.5 Å². The lowest BCUT2D eigenvalue weighted by molar-refractivity contribution is -0.192. The summed E-state index contributed by atoms with van der Waals surface area (Å²) >= 11 is 0. The van der Waals surface area contributed by atoms with Crippen LogP contribution >= 0.6 is 0 Å². The number of alkyl halides is 3. The van der Waals surface area contributed by atoms with Gasteiger partial charge in [-0.3, -0.25) is 4.68 Å². The Labute approximate surface area is 250 Å². The van der Waals surface area contributed by atoms with Crippen LogP contribution in [-0.4, -0.2) is 37.0 Å². The van der Waals surface area contributed by atoms with E-state index >= 15 is 0 Å². The van der Waals surface area contributed by atoms with Crippen LogP contribution in [-0.2, 0) is 18.3 Å². The van der Waals surface area contributed by atoms with E-state index in [9.17, 15) is 13.2 Å². The average molecular weight is 603 g/mol. The van der Waals surface area contributed by atoms with Crippen LogP contribution in [0.2, 0.25) is 0 Å². The number of aryl methyl sites for hydroxylation is 3. The first-order chi connectivity index (χ1) is 21.0. The first kappa shape index (κ1) is 30.1. The molecule has 1 atom stereocenters. The molecule has 226 valence electrons. The Balaban J connectivity index is 0.000000493. The summed E-state index contributed by atoms with van der Waals surface area (Å²) < 4.78 is 39.5. The summed E-state index contributed by atoms with van der Waals surface area (Å²) in [6.07, 6.45) is -0.662. The summed E-state index contributed by atoms with van der Waals surface area (Å²) in [7, 11) is 1.94. The average Bonchev–Trinajstić information content (AvgIpc) is 3.58. The molecule has 1 unspecified atom stereocenters. The zero-order chi connectivity index (χ0) is 31.6. The van der Waals surface area contributed by atoms with Crippen molar-refractivity contribution in [3.63, 3.8) is 0 Å². The van der Waals surface area contributed by atoms with Crippen molar-refractivity contribution in [2.45, 2.75) is 32.5 Å². The minimum absolute atomic E-state index is 0.254. The van der Waals surface area contributed by atoms with Gasteiger partial charge in [-0.1, -0.05) is 37.3 Å². The minimum atomic E-state index is -5.08. The number of nitrogens with two attached hydrogens (primary N) is 1. The van der Waals surface area contributed by atoms with Gasteiger partial charge in [0.15, 0.2) is 11.6 Å². The molecule has 0 bridgehead atoms. The smallest absolute Gasteiger partial charge is 0.475 e. The fourth-order valence-electron chi connectivity index (χ4n) is 4.90. The summed E-state index contributed by atoms with van der Waals surface area (Å²) in [5, 5.41) is 18.7. The Morgan fingerprint density at radius 3 is 2.50 bits per heavy atom. The van der Waals surface area contributed by atoms with Crippen molar-refractivity contribution in [1.29, 1.82) is 0 Å². The molecular weight excluding hydrogens is 573 g/mol. The molecular formula is C32H29F3N6O3. The van der Waals surface area contributed by atoms with Gasteiger partial charge in [-0.25, -0.2) is 14.8 Å². The molecule has 0 saturated heterocycles. The van der Waals surface area contributed by atoms with E-state index in [1.165, 1.54) is 0 Å². The second-order valence-corrected chi connectivity index (χ2v) is 10.1. The van der Waals surface area contributed by atoms with E-state index in [1.54, 1.807) is 6.20 Å². The highest BCUT2D eigenvalue weighted by molar-refractivity contribution is 5.93. The maximum atomic E-state index is 10.6. The Hall–Kier alpha value is -5.39. The van der Waals surface area contributed by atoms with Crippen LogP contribution < -0.4 is 11.1 Å². The molecule has 0 spiro atoms. The molecule has 3 aromatic heterocycles. The van der Waals surface area contributed by atoms with Crippen molar-refractivity contribution in [3.8, 4) is 11.4 Å². The Morgan fingerprint density at radius 1 is 1.09 bits per heavy atom. The monoisotopic (exact) mass is 602 g/mol. The third-order valence-corrected chi connectivity index (χ3v) is 7.12. The van der Waals surface area contributed by atoms with E-state index < -0.39 is 12.1 Å². The number of halogens is 3. The van der Waals surface area contributed by atoms with Crippen molar-refractivity contribution < 1.29 is 27.5 Å². The fraction of sp³-hybridized carbons (Fsp3) is 0.188. The number of pyridine rings is 1. The molecule has 3 heterocycles. The van der Waals surface area contributed by atoms with Crippen LogP contribution in [0.4, 0.5) is 24.7 Å². The van der Waals surface area contributed by atoms with Crippen LogP contribution in [0.15, 0.2) is 83.6 Å². The number of aromatic nitrogens is 4. The van der Waals surface area contributed by atoms with Crippen molar-refractivity contribution in [1.82, 2.24) is 19.7 Å². The predicted octanol–water partition coefficient (Wildman–Crippen LogP) is 7.06. The Bertz CT molecular complexity index is 1950. The molecule has 6 aromatic rings. The van der Waals surface area contributed by atoms with Gasteiger partial charge in [0.2, 0.25) is 0 Å².